The minimum atomic E-state index is -0.741. The van der Waals surface area contributed by atoms with E-state index in [4.69, 9.17) is 16.3 Å². The molecular formula is C13H15ClN2O3. The Hall–Kier alpha value is -1.75. The van der Waals surface area contributed by atoms with Crippen LogP contribution < -0.4 is 15.0 Å². The van der Waals surface area contributed by atoms with E-state index in [2.05, 4.69) is 5.32 Å². The molecule has 0 spiro atoms. The van der Waals surface area contributed by atoms with Crippen LogP contribution in [0.5, 0.6) is 5.75 Å². The Morgan fingerprint density at radius 2 is 2.21 bits per heavy atom. The van der Waals surface area contributed by atoms with Gasteiger partial charge in [0.15, 0.2) is 0 Å². The van der Waals surface area contributed by atoms with Crippen LogP contribution in [0.3, 0.4) is 0 Å². The molecule has 1 unspecified atom stereocenters. The molecule has 2 amide bonds. The van der Waals surface area contributed by atoms with E-state index in [9.17, 15) is 9.59 Å². The standard InChI is InChI=1S/C13H15ClN2O3/c1-4-16-12-9(19-3)6-5-8(14)10(12)11(13(16)18)15-7(2)17/h5-6,11H,4H2,1-3H3,(H,15,17). The number of ether oxygens (including phenoxy) is 1. The Bertz CT molecular complexity index is 545. The van der Waals surface area contributed by atoms with Gasteiger partial charge in [0, 0.05) is 24.1 Å². The minimum Gasteiger partial charge on any atom is -0.495 e. The van der Waals surface area contributed by atoms with E-state index in [-0.39, 0.29) is 11.8 Å². The van der Waals surface area contributed by atoms with E-state index in [1.165, 1.54) is 14.0 Å². The second kappa shape index (κ2) is 5.09. The number of nitrogens with one attached hydrogen (secondary N) is 1. The number of carbonyl (C=O) groups is 2. The highest BCUT2D eigenvalue weighted by Crippen LogP contribution is 2.46. The zero-order valence-corrected chi connectivity index (χ0v) is 11.7. The van der Waals surface area contributed by atoms with Crippen molar-refractivity contribution in [1.82, 2.24) is 5.32 Å². The zero-order chi connectivity index (χ0) is 14.2. The molecule has 0 aromatic heterocycles. The largest absolute Gasteiger partial charge is 0.495 e. The molecule has 0 saturated carbocycles. The summed E-state index contributed by atoms with van der Waals surface area (Å²) in [6.45, 7) is 3.71. The summed E-state index contributed by atoms with van der Waals surface area (Å²) in [6.07, 6.45) is 0. The maximum atomic E-state index is 12.3. The number of benzene rings is 1. The van der Waals surface area contributed by atoms with Crippen molar-refractivity contribution in [3.63, 3.8) is 0 Å². The van der Waals surface area contributed by atoms with Crippen LogP contribution in [-0.4, -0.2) is 25.5 Å². The van der Waals surface area contributed by atoms with Crippen molar-refractivity contribution in [2.24, 2.45) is 0 Å². The summed E-state index contributed by atoms with van der Waals surface area (Å²) in [6, 6.07) is 2.64. The van der Waals surface area contributed by atoms with Crippen molar-refractivity contribution in [1.29, 1.82) is 0 Å². The molecule has 0 fully saturated rings. The molecule has 1 atom stereocenters. The predicted molar refractivity (Wildman–Crippen MR) is 72.6 cm³/mol. The van der Waals surface area contributed by atoms with Crippen molar-refractivity contribution in [3.8, 4) is 5.75 Å². The van der Waals surface area contributed by atoms with Crippen LogP contribution in [0.1, 0.15) is 25.5 Å². The lowest BCUT2D eigenvalue weighted by atomic mass is 10.1. The predicted octanol–water partition coefficient (Wildman–Crippen LogP) is 1.89. The Labute approximate surface area is 116 Å². The Morgan fingerprint density at radius 3 is 2.74 bits per heavy atom. The highest BCUT2D eigenvalue weighted by atomic mass is 35.5. The summed E-state index contributed by atoms with van der Waals surface area (Å²) in [5, 5.41) is 3.08. The van der Waals surface area contributed by atoms with E-state index in [0.29, 0.717) is 28.6 Å². The van der Waals surface area contributed by atoms with Crippen molar-refractivity contribution in [3.05, 3.63) is 22.7 Å². The van der Waals surface area contributed by atoms with Crippen LogP contribution in [0.25, 0.3) is 0 Å². The topological polar surface area (TPSA) is 58.6 Å². The van der Waals surface area contributed by atoms with Gasteiger partial charge in [0.25, 0.3) is 5.91 Å². The van der Waals surface area contributed by atoms with Crippen molar-refractivity contribution >= 4 is 29.1 Å². The average molecular weight is 283 g/mol. The van der Waals surface area contributed by atoms with E-state index in [1.54, 1.807) is 17.0 Å². The van der Waals surface area contributed by atoms with Gasteiger partial charge in [-0.3, -0.25) is 9.59 Å². The first-order valence-corrected chi connectivity index (χ1v) is 6.33. The Kier molecular flexibility index (Phi) is 3.66. The van der Waals surface area contributed by atoms with Gasteiger partial charge in [0.05, 0.1) is 12.8 Å². The average Bonchev–Trinajstić information content (AvgIpc) is 2.63. The van der Waals surface area contributed by atoms with Crippen LogP contribution in [-0.2, 0) is 9.59 Å². The highest BCUT2D eigenvalue weighted by Gasteiger charge is 2.40. The molecular weight excluding hydrogens is 268 g/mol. The Morgan fingerprint density at radius 1 is 1.53 bits per heavy atom. The summed E-state index contributed by atoms with van der Waals surface area (Å²) >= 11 is 6.18. The SMILES string of the molecule is CCN1C(=O)C(NC(C)=O)c2c(Cl)ccc(OC)c21. The monoisotopic (exact) mass is 282 g/mol. The second-order valence-electron chi connectivity index (χ2n) is 4.23. The number of amides is 2. The molecule has 0 saturated heterocycles. The van der Waals surface area contributed by atoms with Gasteiger partial charge in [-0.05, 0) is 19.1 Å². The molecule has 102 valence electrons. The van der Waals surface area contributed by atoms with Crippen LogP contribution in [0.4, 0.5) is 5.69 Å². The zero-order valence-electron chi connectivity index (χ0n) is 11.0. The third-order valence-corrected chi connectivity index (χ3v) is 3.41. The first-order chi connectivity index (χ1) is 9.01. The van der Waals surface area contributed by atoms with Gasteiger partial charge in [0.2, 0.25) is 5.91 Å². The van der Waals surface area contributed by atoms with Crippen LogP contribution in [0.15, 0.2) is 12.1 Å². The van der Waals surface area contributed by atoms with E-state index < -0.39 is 6.04 Å². The third kappa shape index (κ3) is 2.14. The van der Waals surface area contributed by atoms with Gasteiger partial charge >= 0.3 is 0 Å². The summed E-state index contributed by atoms with van der Waals surface area (Å²) in [7, 11) is 1.54. The quantitative estimate of drug-likeness (QED) is 0.921. The molecule has 0 aliphatic carbocycles. The Balaban J connectivity index is 2.62. The maximum Gasteiger partial charge on any atom is 0.254 e. The number of carbonyl (C=O) groups excluding carboxylic acids is 2. The summed E-state index contributed by atoms with van der Waals surface area (Å²) in [4.78, 5) is 25.2. The first kappa shape index (κ1) is 13.7. The molecule has 1 N–H and O–H groups in total. The molecule has 6 heteroatoms. The number of fused-ring (bicyclic) bond motifs is 1. The number of nitrogens with zero attached hydrogens (tertiary/aromatic N) is 1. The smallest absolute Gasteiger partial charge is 0.254 e. The van der Waals surface area contributed by atoms with Gasteiger partial charge in [-0.2, -0.15) is 0 Å². The highest BCUT2D eigenvalue weighted by molar-refractivity contribution is 6.33. The minimum absolute atomic E-state index is 0.195. The van der Waals surface area contributed by atoms with E-state index >= 15 is 0 Å². The molecule has 19 heavy (non-hydrogen) atoms. The summed E-state index contributed by atoms with van der Waals surface area (Å²) in [5.74, 6) is 0.0997. The van der Waals surface area contributed by atoms with Gasteiger partial charge in [-0.25, -0.2) is 0 Å². The number of halogens is 1. The lowest BCUT2D eigenvalue weighted by Gasteiger charge is -2.17. The fourth-order valence-corrected chi connectivity index (χ4v) is 2.58. The molecule has 0 bridgehead atoms. The molecule has 1 aliphatic rings. The van der Waals surface area contributed by atoms with Crippen molar-refractivity contribution in [2.75, 3.05) is 18.6 Å². The third-order valence-electron chi connectivity index (χ3n) is 3.08. The van der Waals surface area contributed by atoms with Gasteiger partial charge in [-0.15, -0.1) is 0 Å². The van der Waals surface area contributed by atoms with Crippen LogP contribution in [0, 0.1) is 0 Å². The van der Waals surface area contributed by atoms with Gasteiger partial charge in [0.1, 0.15) is 11.8 Å². The fraction of sp³-hybridized carbons (Fsp3) is 0.385. The number of hydrogen-bond donors (Lipinski definition) is 1. The fourth-order valence-electron chi connectivity index (χ4n) is 2.32. The van der Waals surface area contributed by atoms with Gasteiger partial charge < -0.3 is 15.0 Å². The van der Waals surface area contributed by atoms with E-state index in [0.717, 1.165) is 0 Å². The molecule has 2 rings (SSSR count). The maximum absolute atomic E-state index is 12.3. The lowest BCUT2D eigenvalue weighted by molar-refractivity contribution is -0.126. The number of likely N-dealkylation sites (N-methyl/N-ethyl adjacent to an activating group) is 1. The molecule has 1 aromatic carbocycles. The first-order valence-electron chi connectivity index (χ1n) is 5.96. The second-order valence-corrected chi connectivity index (χ2v) is 4.64. The lowest BCUT2D eigenvalue weighted by Crippen LogP contribution is -2.36. The number of anilines is 1. The summed E-state index contributed by atoms with van der Waals surface area (Å²) < 4.78 is 5.28. The summed E-state index contributed by atoms with van der Waals surface area (Å²) in [5.41, 5.74) is 1.24. The number of hydrogen-bond acceptors (Lipinski definition) is 3. The van der Waals surface area contributed by atoms with Crippen molar-refractivity contribution < 1.29 is 14.3 Å². The number of methoxy groups -OCH3 is 1. The molecule has 5 nitrogen and oxygen atoms in total. The van der Waals surface area contributed by atoms with Gasteiger partial charge in [-0.1, -0.05) is 11.6 Å². The molecule has 0 radical (unpaired) electrons. The normalized spacial score (nSPS) is 17.4. The number of rotatable bonds is 3. The molecule has 1 heterocycles. The van der Waals surface area contributed by atoms with Crippen LogP contribution >= 0.6 is 11.6 Å². The van der Waals surface area contributed by atoms with Crippen LogP contribution in [0.2, 0.25) is 5.02 Å². The molecule has 1 aliphatic heterocycles. The molecule has 1 aromatic rings. The van der Waals surface area contributed by atoms with E-state index in [1.807, 2.05) is 6.92 Å². The van der Waals surface area contributed by atoms with Crippen molar-refractivity contribution in [2.45, 2.75) is 19.9 Å².